The van der Waals surface area contributed by atoms with Gasteiger partial charge in [0.25, 0.3) is 0 Å². The van der Waals surface area contributed by atoms with Gasteiger partial charge in [0.1, 0.15) is 23.8 Å². The second kappa shape index (κ2) is 10.7. The van der Waals surface area contributed by atoms with E-state index in [1.54, 1.807) is 18.5 Å². The Balaban J connectivity index is 1.37. The number of benzene rings is 1. The van der Waals surface area contributed by atoms with E-state index in [9.17, 15) is 9.18 Å². The van der Waals surface area contributed by atoms with Gasteiger partial charge in [0.2, 0.25) is 5.91 Å². The maximum atomic E-state index is 12.9. The second-order valence-electron chi connectivity index (χ2n) is 7.56. The van der Waals surface area contributed by atoms with Gasteiger partial charge in [-0.05, 0) is 49.3 Å². The largest absolute Gasteiger partial charge is 0.370 e. The number of rotatable bonds is 9. The van der Waals surface area contributed by atoms with Crippen molar-refractivity contribution in [2.45, 2.75) is 45.6 Å². The van der Waals surface area contributed by atoms with Gasteiger partial charge < -0.3 is 15.5 Å². The van der Waals surface area contributed by atoms with Crippen molar-refractivity contribution < 1.29 is 9.18 Å². The van der Waals surface area contributed by atoms with Gasteiger partial charge >= 0.3 is 0 Å². The Morgan fingerprint density at radius 2 is 1.97 bits per heavy atom. The fourth-order valence-corrected chi connectivity index (χ4v) is 3.55. The summed E-state index contributed by atoms with van der Waals surface area (Å²) in [5.74, 6) is 2.19. The highest BCUT2D eigenvalue weighted by Crippen LogP contribution is 2.25. The highest BCUT2D eigenvalue weighted by Gasteiger charge is 2.21. The zero-order chi connectivity index (χ0) is 20.5. The third-order valence-electron chi connectivity index (χ3n) is 5.33. The summed E-state index contributed by atoms with van der Waals surface area (Å²) in [6.07, 6.45) is 6.23. The van der Waals surface area contributed by atoms with Crippen LogP contribution in [0, 0.1) is 11.7 Å². The molecule has 1 aromatic carbocycles. The van der Waals surface area contributed by atoms with Crippen LogP contribution in [0.1, 0.15) is 44.6 Å². The minimum Gasteiger partial charge on any atom is -0.370 e. The molecule has 0 aliphatic carbocycles. The smallest absolute Gasteiger partial charge is 0.220 e. The fourth-order valence-electron chi connectivity index (χ4n) is 3.55. The molecule has 0 unspecified atom stereocenters. The van der Waals surface area contributed by atoms with E-state index in [1.165, 1.54) is 12.1 Å². The molecule has 29 heavy (non-hydrogen) atoms. The van der Waals surface area contributed by atoms with Crippen molar-refractivity contribution in [1.29, 1.82) is 0 Å². The molecule has 1 aromatic heterocycles. The van der Waals surface area contributed by atoms with E-state index in [4.69, 9.17) is 0 Å². The first-order valence-electron chi connectivity index (χ1n) is 10.5. The fraction of sp³-hybridized carbons (Fsp3) is 0.500. The van der Waals surface area contributed by atoms with Crippen LogP contribution in [0.4, 0.5) is 16.0 Å². The van der Waals surface area contributed by atoms with Crippen LogP contribution in [0.25, 0.3) is 0 Å². The first-order valence-corrected chi connectivity index (χ1v) is 10.5. The molecule has 1 saturated heterocycles. The summed E-state index contributed by atoms with van der Waals surface area (Å²) in [4.78, 5) is 23.1. The Hall–Kier alpha value is -2.70. The Labute approximate surface area is 171 Å². The van der Waals surface area contributed by atoms with Crippen molar-refractivity contribution >= 4 is 17.5 Å². The van der Waals surface area contributed by atoms with Crippen LogP contribution in [0.5, 0.6) is 0 Å². The summed E-state index contributed by atoms with van der Waals surface area (Å²) in [7, 11) is 0. The van der Waals surface area contributed by atoms with E-state index in [-0.39, 0.29) is 11.7 Å². The lowest BCUT2D eigenvalue weighted by Crippen LogP contribution is -2.34. The normalized spacial score (nSPS) is 14.6. The second-order valence-corrected chi connectivity index (χ2v) is 7.56. The van der Waals surface area contributed by atoms with Gasteiger partial charge in [0.05, 0.1) is 0 Å². The van der Waals surface area contributed by atoms with Crippen LogP contribution in [0.15, 0.2) is 36.7 Å². The maximum Gasteiger partial charge on any atom is 0.220 e. The van der Waals surface area contributed by atoms with Crippen molar-refractivity contribution in [3.05, 3.63) is 48.0 Å². The predicted octanol–water partition coefficient (Wildman–Crippen LogP) is 3.75. The topological polar surface area (TPSA) is 70.2 Å². The lowest BCUT2D eigenvalue weighted by Gasteiger charge is -2.32. The minimum absolute atomic E-state index is 0.0548. The van der Waals surface area contributed by atoms with Crippen molar-refractivity contribution in [3.63, 3.8) is 0 Å². The number of carbonyl (C=O) groups excluding carboxylic acids is 1. The van der Waals surface area contributed by atoms with Crippen molar-refractivity contribution in [3.8, 4) is 0 Å². The number of hydrogen-bond donors (Lipinski definition) is 2. The lowest BCUT2D eigenvalue weighted by atomic mass is 9.92. The quantitative estimate of drug-likeness (QED) is 0.672. The molecular weight excluding hydrogens is 369 g/mol. The molecule has 1 amide bonds. The average Bonchev–Trinajstić information content (AvgIpc) is 2.76. The number of hydrogen-bond acceptors (Lipinski definition) is 5. The van der Waals surface area contributed by atoms with Crippen molar-refractivity contribution in [2.75, 3.05) is 29.9 Å². The van der Waals surface area contributed by atoms with Crippen molar-refractivity contribution in [1.82, 2.24) is 15.3 Å². The van der Waals surface area contributed by atoms with Crippen LogP contribution >= 0.6 is 0 Å². The Morgan fingerprint density at radius 3 is 2.69 bits per heavy atom. The van der Waals surface area contributed by atoms with Gasteiger partial charge in [-0.3, -0.25) is 4.79 Å². The molecule has 1 aliphatic heterocycles. The molecule has 0 radical (unpaired) electrons. The number of amides is 1. The molecule has 2 N–H and O–H groups in total. The number of halogens is 1. The van der Waals surface area contributed by atoms with Gasteiger partial charge in [0, 0.05) is 38.7 Å². The summed E-state index contributed by atoms with van der Waals surface area (Å²) in [6.45, 7) is 5.38. The van der Waals surface area contributed by atoms with Crippen LogP contribution in [0.3, 0.4) is 0 Å². The zero-order valence-corrected chi connectivity index (χ0v) is 17.0. The Bertz CT molecular complexity index is 775. The first-order chi connectivity index (χ1) is 14.1. The summed E-state index contributed by atoms with van der Waals surface area (Å²) < 4.78 is 12.9. The monoisotopic (exact) mass is 399 g/mol. The highest BCUT2D eigenvalue weighted by atomic mass is 19.1. The SMILES string of the molecule is CCCNc1cc(N2CCC(CCC(=O)NCc3ccc(F)cc3)CC2)ncn1. The van der Waals surface area contributed by atoms with E-state index < -0.39 is 0 Å². The van der Waals surface area contributed by atoms with E-state index in [2.05, 4.69) is 32.4 Å². The number of piperidine rings is 1. The maximum absolute atomic E-state index is 12.9. The molecule has 2 heterocycles. The number of aromatic nitrogens is 2. The molecule has 6 nitrogen and oxygen atoms in total. The molecule has 2 aromatic rings. The van der Waals surface area contributed by atoms with Gasteiger partial charge in [-0.15, -0.1) is 0 Å². The Kier molecular flexibility index (Phi) is 7.78. The Morgan fingerprint density at radius 1 is 1.21 bits per heavy atom. The molecule has 156 valence electrons. The minimum atomic E-state index is -0.262. The number of anilines is 2. The lowest BCUT2D eigenvalue weighted by molar-refractivity contribution is -0.121. The van der Waals surface area contributed by atoms with Gasteiger partial charge in [0.15, 0.2) is 0 Å². The van der Waals surface area contributed by atoms with E-state index in [0.717, 1.165) is 62.5 Å². The highest BCUT2D eigenvalue weighted by molar-refractivity contribution is 5.75. The molecule has 0 atom stereocenters. The number of nitrogens with zero attached hydrogens (tertiary/aromatic N) is 3. The summed E-state index contributed by atoms with van der Waals surface area (Å²) in [6, 6.07) is 8.23. The molecule has 0 bridgehead atoms. The summed E-state index contributed by atoms with van der Waals surface area (Å²) >= 11 is 0. The standard InChI is InChI=1S/C22H30FN5O/c1-2-11-24-20-14-21(27-16-26-20)28-12-9-17(10-13-28)5-8-22(29)25-15-18-3-6-19(23)7-4-18/h3-4,6-7,14,16-17H,2,5,8-13,15H2,1H3,(H,25,29)(H,24,26,27). The molecule has 1 fully saturated rings. The predicted molar refractivity (Wildman–Crippen MR) is 113 cm³/mol. The zero-order valence-electron chi connectivity index (χ0n) is 17.0. The third-order valence-corrected chi connectivity index (χ3v) is 5.33. The van der Waals surface area contributed by atoms with Crippen molar-refractivity contribution in [2.24, 2.45) is 5.92 Å². The molecule has 1 aliphatic rings. The molecule has 7 heteroatoms. The third kappa shape index (κ3) is 6.69. The van der Waals surface area contributed by atoms with Gasteiger partial charge in [-0.2, -0.15) is 0 Å². The van der Waals surface area contributed by atoms with E-state index >= 15 is 0 Å². The first kappa shape index (κ1) is 21.0. The average molecular weight is 400 g/mol. The summed E-state index contributed by atoms with van der Waals surface area (Å²) in [5.41, 5.74) is 0.908. The molecule has 3 rings (SSSR count). The van der Waals surface area contributed by atoms with Crippen LogP contribution in [-0.2, 0) is 11.3 Å². The number of nitrogens with one attached hydrogen (secondary N) is 2. The molecular formula is C22H30FN5O. The van der Waals surface area contributed by atoms with Crippen LogP contribution in [0.2, 0.25) is 0 Å². The van der Waals surface area contributed by atoms with E-state index in [0.29, 0.717) is 18.9 Å². The summed E-state index contributed by atoms with van der Waals surface area (Å²) in [5, 5.41) is 6.22. The van der Waals surface area contributed by atoms with E-state index in [1.807, 2.05) is 6.07 Å². The van der Waals surface area contributed by atoms with Gasteiger partial charge in [-0.25, -0.2) is 14.4 Å². The number of carbonyl (C=O) groups is 1. The van der Waals surface area contributed by atoms with Crippen LogP contribution < -0.4 is 15.5 Å². The van der Waals surface area contributed by atoms with Crippen LogP contribution in [-0.4, -0.2) is 35.5 Å². The molecule has 0 spiro atoms. The van der Waals surface area contributed by atoms with Gasteiger partial charge in [-0.1, -0.05) is 19.1 Å². The molecule has 0 saturated carbocycles.